The molecule has 136 valence electrons. The minimum Gasteiger partial charge on any atom is -0.342 e. The summed E-state index contributed by atoms with van der Waals surface area (Å²) in [5, 5.41) is 0. The molecule has 1 spiro atoms. The van der Waals surface area contributed by atoms with E-state index in [1.54, 1.807) is 0 Å². The second-order valence-corrected chi connectivity index (χ2v) is 8.46. The summed E-state index contributed by atoms with van der Waals surface area (Å²) in [5.41, 5.74) is 1.20. The highest BCUT2D eigenvalue weighted by atomic mass is 16.2. The molecule has 3 heterocycles. The van der Waals surface area contributed by atoms with Crippen molar-refractivity contribution in [2.75, 3.05) is 26.2 Å². The maximum absolute atomic E-state index is 13.3. The quantitative estimate of drug-likeness (QED) is 0.841. The fourth-order valence-corrected chi connectivity index (χ4v) is 5.23. The van der Waals surface area contributed by atoms with Gasteiger partial charge >= 0.3 is 0 Å². The summed E-state index contributed by atoms with van der Waals surface area (Å²) in [5.74, 6) is 1.21. The number of aromatic nitrogens is 1. The lowest BCUT2D eigenvalue weighted by molar-refractivity contribution is -0.146. The molecule has 3 aliphatic rings. The van der Waals surface area contributed by atoms with Gasteiger partial charge in [0.05, 0.1) is 5.41 Å². The van der Waals surface area contributed by atoms with E-state index in [0.29, 0.717) is 5.91 Å². The van der Waals surface area contributed by atoms with E-state index in [4.69, 9.17) is 0 Å². The number of pyridine rings is 1. The largest absolute Gasteiger partial charge is 0.342 e. The first-order valence-corrected chi connectivity index (χ1v) is 10.2. The van der Waals surface area contributed by atoms with Gasteiger partial charge < -0.3 is 4.90 Å². The topological polar surface area (TPSA) is 36.4 Å². The molecular weight excluding hydrogens is 310 g/mol. The van der Waals surface area contributed by atoms with Crippen LogP contribution in [0.4, 0.5) is 0 Å². The Morgan fingerprint density at radius 1 is 1.04 bits per heavy atom. The van der Waals surface area contributed by atoms with Crippen molar-refractivity contribution in [1.29, 1.82) is 0 Å². The lowest BCUT2D eigenvalue weighted by atomic mass is 9.77. The standard InChI is InChI=1S/C21H31N3O/c25-20-21(9-4-13-24(20)16-18-5-2-1-3-6-18)10-14-23(17-21)15-19-7-11-22-12-8-19/h7-8,11-12,18H,1-6,9-10,13-17H2/t21-/m1/s1. The molecule has 0 aromatic carbocycles. The van der Waals surface area contributed by atoms with Crippen LogP contribution >= 0.6 is 0 Å². The fourth-order valence-electron chi connectivity index (χ4n) is 5.23. The molecule has 4 heteroatoms. The van der Waals surface area contributed by atoms with Gasteiger partial charge in [-0.15, -0.1) is 0 Å². The van der Waals surface area contributed by atoms with Gasteiger partial charge in [0.15, 0.2) is 0 Å². The number of rotatable bonds is 4. The van der Waals surface area contributed by atoms with Gasteiger partial charge in [-0.05, 0) is 62.3 Å². The first-order chi connectivity index (χ1) is 12.3. The Morgan fingerprint density at radius 2 is 1.84 bits per heavy atom. The van der Waals surface area contributed by atoms with E-state index >= 15 is 0 Å². The maximum atomic E-state index is 13.3. The van der Waals surface area contributed by atoms with Crippen LogP contribution in [-0.2, 0) is 11.3 Å². The first kappa shape index (κ1) is 17.0. The average Bonchev–Trinajstić information content (AvgIpc) is 3.04. The highest BCUT2D eigenvalue weighted by molar-refractivity contribution is 5.84. The Labute approximate surface area is 151 Å². The third-order valence-corrected chi connectivity index (χ3v) is 6.62. The van der Waals surface area contributed by atoms with E-state index in [0.717, 1.165) is 51.5 Å². The van der Waals surface area contributed by atoms with Crippen molar-refractivity contribution in [1.82, 2.24) is 14.8 Å². The van der Waals surface area contributed by atoms with Crippen LogP contribution < -0.4 is 0 Å². The smallest absolute Gasteiger partial charge is 0.230 e. The maximum Gasteiger partial charge on any atom is 0.230 e. The summed E-state index contributed by atoms with van der Waals surface area (Å²) in [6.45, 7) is 4.94. The van der Waals surface area contributed by atoms with Crippen LogP contribution in [0.3, 0.4) is 0 Å². The molecule has 0 N–H and O–H groups in total. The van der Waals surface area contributed by atoms with E-state index < -0.39 is 0 Å². The van der Waals surface area contributed by atoms with Gasteiger partial charge in [-0.2, -0.15) is 0 Å². The molecule has 1 aromatic heterocycles. The molecule has 1 aromatic rings. The number of nitrogens with zero attached hydrogens (tertiary/aromatic N) is 3. The predicted molar refractivity (Wildman–Crippen MR) is 99.0 cm³/mol. The molecule has 4 nitrogen and oxygen atoms in total. The average molecular weight is 341 g/mol. The summed E-state index contributed by atoms with van der Waals surface area (Å²) in [6, 6.07) is 4.17. The Balaban J connectivity index is 1.38. The number of hydrogen-bond acceptors (Lipinski definition) is 3. The van der Waals surface area contributed by atoms with Crippen molar-refractivity contribution < 1.29 is 4.79 Å². The molecule has 2 saturated heterocycles. The van der Waals surface area contributed by atoms with E-state index in [1.165, 1.54) is 44.1 Å². The molecule has 1 amide bonds. The lowest BCUT2D eigenvalue weighted by Crippen LogP contribution is -2.51. The third-order valence-electron chi connectivity index (χ3n) is 6.62. The van der Waals surface area contributed by atoms with Gasteiger partial charge in [0, 0.05) is 38.6 Å². The SMILES string of the molecule is O=C1N(CC2CCCCC2)CCC[C@]12CCN(Cc1ccncc1)C2. The van der Waals surface area contributed by atoms with Gasteiger partial charge in [-0.25, -0.2) is 0 Å². The van der Waals surface area contributed by atoms with Crippen LogP contribution in [0.1, 0.15) is 56.9 Å². The number of hydrogen-bond donors (Lipinski definition) is 0. The molecule has 2 aliphatic heterocycles. The zero-order valence-electron chi connectivity index (χ0n) is 15.3. The fraction of sp³-hybridized carbons (Fsp3) is 0.714. The van der Waals surface area contributed by atoms with Gasteiger partial charge in [-0.3, -0.25) is 14.7 Å². The zero-order chi connectivity index (χ0) is 17.1. The van der Waals surface area contributed by atoms with Gasteiger partial charge in [0.2, 0.25) is 5.91 Å². The van der Waals surface area contributed by atoms with Crippen molar-refractivity contribution in [2.24, 2.45) is 11.3 Å². The zero-order valence-corrected chi connectivity index (χ0v) is 15.3. The third kappa shape index (κ3) is 3.74. The van der Waals surface area contributed by atoms with Crippen LogP contribution in [-0.4, -0.2) is 46.9 Å². The van der Waals surface area contributed by atoms with Crippen LogP contribution in [0.2, 0.25) is 0 Å². The molecule has 1 saturated carbocycles. The molecule has 1 atom stereocenters. The summed E-state index contributed by atoms with van der Waals surface area (Å²) >= 11 is 0. The molecule has 1 aliphatic carbocycles. The molecule has 0 radical (unpaired) electrons. The molecule has 4 rings (SSSR count). The highest BCUT2D eigenvalue weighted by Crippen LogP contribution is 2.41. The Kier molecular flexibility index (Phi) is 5.07. The Bertz CT molecular complexity index is 584. The van der Waals surface area contributed by atoms with E-state index in [-0.39, 0.29) is 5.41 Å². The van der Waals surface area contributed by atoms with Crippen molar-refractivity contribution >= 4 is 5.91 Å². The van der Waals surface area contributed by atoms with Crippen molar-refractivity contribution in [3.63, 3.8) is 0 Å². The second kappa shape index (κ2) is 7.45. The summed E-state index contributed by atoms with van der Waals surface area (Å²) in [4.78, 5) is 22.1. The summed E-state index contributed by atoms with van der Waals surface area (Å²) < 4.78 is 0. The number of carbonyl (C=O) groups excluding carboxylic acids is 1. The first-order valence-electron chi connectivity index (χ1n) is 10.2. The van der Waals surface area contributed by atoms with Crippen LogP contribution in [0.25, 0.3) is 0 Å². The lowest BCUT2D eigenvalue weighted by Gasteiger charge is -2.41. The monoisotopic (exact) mass is 341 g/mol. The van der Waals surface area contributed by atoms with E-state index in [1.807, 2.05) is 12.4 Å². The van der Waals surface area contributed by atoms with Crippen molar-refractivity contribution in [3.05, 3.63) is 30.1 Å². The van der Waals surface area contributed by atoms with Gasteiger partial charge in [0.1, 0.15) is 0 Å². The molecule has 25 heavy (non-hydrogen) atoms. The van der Waals surface area contributed by atoms with Gasteiger partial charge in [0.25, 0.3) is 0 Å². The second-order valence-electron chi connectivity index (χ2n) is 8.46. The number of likely N-dealkylation sites (tertiary alicyclic amines) is 2. The van der Waals surface area contributed by atoms with Crippen molar-refractivity contribution in [3.8, 4) is 0 Å². The van der Waals surface area contributed by atoms with E-state index in [2.05, 4.69) is 26.9 Å². The minimum atomic E-state index is -0.0973. The molecule has 3 fully saturated rings. The molecule has 0 bridgehead atoms. The molecule has 0 unspecified atom stereocenters. The number of carbonyl (C=O) groups is 1. The summed E-state index contributed by atoms with van der Waals surface area (Å²) in [7, 11) is 0. The molecular formula is C21H31N3O. The van der Waals surface area contributed by atoms with Gasteiger partial charge in [-0.1, -0.05) is 19.3 Å². The van der Waals surface area contributed by atoms with Crippen molar-refractivity contribution in [2.45, 2.75) is 57.9 Å². The highest BCUT2D eigenvalue weighted by Gasteiger charge is 2.48. The number of amides is 1. The normalized spacial score (nSPS) is 28.8. The van der Waals surface area contributed by atoms with E-state index in [9.17, 15) is 4.79 Å². The Morgan fingerprint density at radius 3 is 2.64 bits per heavy atom. The van der Waals surface area contributed by atoms with Crippen LogP contribution in [0.15, 0.2) is 24.5 Å². The van der Waals surface area contributed by atoms with Crippen LogP contribution in [0.5, 0.6) is 0 Å². The summed E-state index contributed by atoms with van der Waals surface area (Å²) in [6.07, 6.45) is 13.8. The predicted octanol–water partition coefficient (Wildman–Crippen LogP) is 3.48. The number of piperidine rings is 1. The minimum absolute atomic E-state index is 0.0973. The van der Waals surface area contributed by atoms with Crippen LogP contribution in [0, 0.1) is 11.3 Å². The Hall–Kier alpha value is -1.42.